The van der Waals surface area contributed by atoms with Gasteiger partial charge in [-0.1, -0.05) is 134 Å². The Labute approximate surface area is 263 Å². The number of fused-ring (bicyclic) bond motifs is 10. The number of hydrogen-bond donors (Lipinski definition) is 1. The molecule has 45 heavy (non-hydrogen) atoms. The van der Waals surface area contributed by atoms with Crippen LogP contribution < -0.4 is 0 Å². The van der Waals surface area contributed by atoms with Gasteiger partial charge in [0, 0.05) is 5.56 Å². The highest BCUT2D eigenvalue weighted by Gasteiger charge is 2.51. The Balaban J connectivity index is 1.38. The Bertz CT molecular complexity index is 2220. The molecule has 1 spiro atoms. The van der Waals surface area contributed by atoms with Gasteiger partial charge in [0.25, 0.3) is 0 Å². The first-order chi connectivity index (χ1) is 22.1. The highest BCUT2D eigenvalue weighted by Crippen LogP contribution is 2.63. The molecule has 6 aromatic carbocycles. The van der Waals surface area contributed by atoms with E-state index in [1.165, 1.54) is 61.7 Å². The van der Waals surface area contributed by atoms with Crippen molar-refractivity contribution in [3.63, 3.8) is 0 Å². The number of rotatable bonds is 5. The van der Waals surface area contributed by atoms with Gasteiger partial charge in [-0.2, -0.15) is 5.26 Å². The van der Waals surface area contributed by atoms with E-state index in [1.807, 2.05) is 18.2 Å². The van der Waals surface area contributed by atoms with Crippen LogP contribution in [0.3, 0.4) is 0 Å². The van der Waals surface area contributed by atoms with Crippen LogP contribution in [0.4, 0.5) is 0 Å². The zero-order chi connectivity index (χ0) is 30.5. The van der Waals surface area contributed by atoms with Gasteiger partial charge in [0.1, 0.15) is 0 Å². The van der Waals surface area contributed by atoms with Crippen LogP contribution in [-0.2, 0) is 5.41 Å². The number of allylic oxidation sites excluding steroid dienone is 3. The van der Waals surface area contributed by atoms with Gasteiger partial charge in [-0.25, -0.2) is 0 Å². The van der Waals surface area contributed by atoms with Gasteiger partial charge in [-0.3, -0.25) is 0 Å². The second kappa shape index (κ2) is 10.3. The lowest BCUT2D eigenvalue weighted by molar-refractivity contribution is 0.794. The topological polar surface area (TPSA) is 47.6 Å². The fraction of sp³-hybridized carbons (Fsp3) is 0.0233. The highest BCUT2D eigenvalue weighted by molar-refractivity contribution is 6.08. The van der Waals surface area contributed by atoms with Crippen molar-refractivity contribution < 1.29 is 0 Å². The maximum Gasteiger partial charge on any atom is 0.0992 e. The summed E-state index contributed by atoms with van der Waals surface area (Å²) in [6, 6.07) is 52.3. The van der Waals surface area contributed by atoms with E-state index >= 15 is 0 Å². The molecule has 0 bridgehead atoms. The second-order valence-corrected chi connectivity index (χ2v) is 11.6. The Morgan fingerprint density at radius 2 is 1.07 bits per heavy atom. The largest absolute Gasteiger partial charge is 0.300 e. The van der Waals surface area contributed by atoms with Crippen molar-refractivity contribution in [2.24, 2.45) is 0 Å². The SMILES string of the molecule is C=C/C(C#N)=C\C(=N)c1cccc(-c2ccc3c(c2)C2(c4ccccc4-c4ccccc42)c2cc(-c4ccccc4)ccc2-3)c1. The Morgan fingerprint density at radius 3 is 1.67 bits per heavy atom. The van der Waals surface area contributed by atoms with E-state index in [-0.39, 0.29) is 5.71 Å². The van der Waals surface area contributed by atoms with Gasteiger partial charge in [0.15, 0.2) is 0 Å². The summed E-state index contributed by atoms with van der Waals surface area (Å²) in [5, 5.41) is 18.0. The molecule has 8 rings (SSSR count). The number of hydrogen-bond acceptors (Lipinski definition) is 2. The van der Waals surface area contributed by atoms with Crippen molar-refractivity contribution in [1.82, 2.24) is 0 Å². The first kappa shape index (κ1) is 26.6. The molecule has 6 aromatic rings. The molecular formula is C43H28N2. The smallest absolute Gasteiger partial charge is 0.0992 e. The summed E-state index contributed by atoms with van der Waals surface area (Å²) in [6.45, 7) is 3.70. The molecule has 0 radical (unpaired) electrons. The Hall–Kier alpha value is -6.04. The molecule has 0 atom stereocenters. The Kier molecular flexibility index (Phi) is 6.08. The molecule has 2 nitrogen and oxygen atoms in total. The van der Waals surface area contributed by atoms with E-state index in [0.29, 0.717) is 5.57 Å². The van der Waals surface area contributed by atoms with Crippen LogP contribution in [0.1, 0.15) is 27.8 Å². The van der Waals surface area contributed by atoms with Gasteiger partial charge in [0.05, 0.1) is 22.8 Å². The minimum atomic E-state index is -0.461. The van der Waals surface area contributed by atoms with Crippen LogP contribution in [0.5, 0.6) is 0 Å². The first-order valence-electron chi connectivity index (χ1n) is 15.1. The zero-order valence-electron chi connectivity index (χ0n) is 24.6. The lowest BCUT2D eigenvalue weighted by Gasteiger charge is -2.31. The van der Waals surface area contributed by atoms with Gasteiger partial charge in [0.2, 0.25) is 0 Å². The molecule has 0 aliphatic heterocycles. The van der Waals surface area contributed by atoms with Crippen molar-refractivity contribution in [3.8, 4) is 50.6 Å². The van der Waals surface area contributed by atoms with E-state index < -0.39 is 5.41 Å². The first-order valence-corrected chi connectivity index (χ1v) is 15.1. The maximum absolute atomic E-state index is 9.35. The molecule has 0 unspecified atom stereocenters. The average Bonchev–Trinajstić information content (AvgIpc) is 3.57. The maximum atomic E-state index is 9.35. The van der Waals surface area contributed by atoms with Crippen molar-refractivity contribution >= 4 is 5.71 Å². The van der Waals surface area contributed by atoms with Crippen LogP contribution in [0.2, 0.25) is 0 Å². The minimum absolute atomic E-state index is 0.283. The van der Waals surface area contributed by atoms with Gasteiger partial charge in [-0.15, -0.1) is 0 Å². The lowest BCUT2D eigenvalue weighted by Crippen LogP contribution is -2.26. The van der Waals surface area contributed by atoms with Gasteiger partial charge in [-0.05, 0) is 91.0 Å². The molecule has 0 aromatic heterocycles. The summed E-state index contributed by atoms with van der Waals surface area (Å²) in [5.41, 5.74) is 15.7. The van der Waals surface area contributed by atoms with Crippen LogP contribution >= 0.6 is 0 Å². The number of nitrogens with one attached hydrogen (secondary N) is 1. The molecule has 0 fully saturated rings. The van der Waals surface area contributed by atoms with Crippen molar-refractivity contribution in [2.75, 3.05) is 0 Å². The molecule has 2 aliphatic rings. The standard InChI is InChI=1S/C43H28N2/c1-2-28(27-44)23-42(45)33-14-10-13-30(24-33)32-20-22-37-36-21-19-31(29-11-4-3-5-12-29)25-40(36)43(41(37)26-32)38-17-8-6-15-34(38)35-16-7-9-18-39(35)43/h2-26,45H,1H2/b28-23+,45-42?. The van der Waals surface area contributed by atoms with Crippen LogP contribution in [0.15, 0.2) is 164 Å². The van der Waals surface area contributed by atoms with Crippen molar-refractivity contribution in [1.29, 1.82) is 10.7 Å². The molecule has 2 heteroatoms. The summed E-state index contributed by atoms with van der Waals surface area (Å²) in [6.07, 6.45) is 3.05. The second-order valence-electron chi connectivity index (χ2n) is 11.6. The molecule has 2 aliphatic carbocycles. The summed E-state index contributed by atoms with van der Waals surface area (Å²) >= 11 is 0. The summed E-state index contributed by atoms with van der Waals surface area (Å²) in [7, 11) is 0. The third kappa shape index (κ3) is 3.92. The third-order valence-corrected chi connectivity index (χ3v) is 9.35. The third-order valence-electron chi connectivity index (χ3n) is 9.35. The monoisotopic (exact) mass is 572 g/mol. The summed E-state index contributed by atoms with van der Waals surface area (Å²) in [4.78, 5) is 0. The molecule has 210 valence electrons. The fourth-order valence-corrected chi connectivity index (χ4v) is 7.37. The predicted octanol–water partition coefficient (Wildman–Crippen LogP) is 10.4. The lowest BCUT2D eigenvalue weighted by atomic mass is 9.70. The van der Waals surface area contributed by atoms with E-state index in [0.717, 1.165) is 16.7 Å². The molecule has 1 N–H and O–H groups in total. The molecule has 0 amide bonds. The number of nitrogens with zero attached hydrogens (tertiary/aromatic N) is 1. The number of nitriles is 1. The van der Waals surface area contributed by atoms with Gasteiger partial charge < -0.3 is 5.41 Å². The normalized spacial score (nSPS) is 13.4. The fourth-order valence-electron chi connectivity index (χ4n) is 7.37. The van der Waals surface area contributed by atoms with Crippen LogP contribution in [-0.4, -0.2) is 5.71 Å². The average molecular weight is 573 g/mol. The molecular weight excluding hydrogens is 544 g/mol. The quantitative estimate of drug-likeness (QED) is 0.124. The summed E-state index contributed by atoms with van der Waals surface area (Å²) in [5.74, 6) is 0. The van der Waals surface area contributed by atoms with Crippen molar-refractivity contribution in [3.05, 3.63) is 192 Å². The van der Waals surface area contributed by atoms with Crippen molar-refractivity contribution in [2.45, 2.75) is 5.41 Å². The van der Waals surface area contributed by atoms with E-state index in [2.05, 4.69) is 134 Å². The van der Waals surface area contributed by atoms with Crippen LogP contribution in [0, 0.1) is 16.7 Å². The predicted molar refractivity (Wildman–Crippen MR) is 184 cm³/mol. The van der Waals surface area contributed by atoms with Crippen LogP contribution in [0.25, 0.3) is 44.5 Å². The van der Waals surface area contributed by atoms with E-state index in [1.54, 1.807) is 6.08 Å². The molecule has 0 heterocycles. The van der Waals surface area contributed by atoms with Gasteiger partial charge >= 0.3 is 0 Å². The Morgan fingerprint density at radius 1 is 0.556 bits per heavy atom. The van der Waals surface area contributed by atoms with E-state index in [9.17, 15) is 5.26 Å². The summed E-state index contributed by atoms with van der Waals surface area (Å²) < 4.78 is 0. The molecule has 0 saturated carbocycles. The zero-order valence-corrected chi connectivity index (χ0v) is 24.6. The molecule has 0 saturated heterocycles. The van der Waals surface area contributed by atoms with E-state index in [4.69, 9.17) is 5.41 Å². The minimum Gasteiger partial charge on any atom is -0.300 e. The highest BCUT2D eigenvalue weighted by atomic mass is 14.5. The number of benzene rings is 6.